The highest BCUT2D eigenvalue weighted by molar-refractivity contribution is 7.20. The summed E-state index contributed by atoms with van der Waals surface area (Å²) >= 11 is 19.4. The number of halogens is 3. The Bertz CT molecular complexity index is 845. The SMILES string of the molecule is Oc1c(Cl)cc(Cl)c(Cl)c1-c1nn2c(C3CC3)nnc2s1. The van der Waals surface area contributed by atoms with Crippen molar-refractivity contribution in [3.05, 3.63) is 27.0 Å². The third kappa shape index (κ3) is 2.09. The highest BCUT2D eigenvalue weighted by atomic mass is 35.5. The van der Waals surface area contributed by atoms with Crippen molar-refractivity contribution < 1.29 is 5.11 Å². The molecule has 1 N–H and O–H groups in total. The van der Waals surface area contributed by atoms with Gasteiger partial charge in [0.25, 0.3) is 0 Å². The predicted molar refractivity (Wildman–Crippen MR) is 82.8 cm³/mol. The Hall–Kier alpha value is -1.08. The minimum absolute atomic E-state index is 0.132. The number of nitrogens with zero attached hydrogens (tertiary/aromatic N) is 4. The van der Waals surface area contributed by atoms with Crippen LogP contribution < -0.4 is 0 Å². The summed E-state index contributed by atoms with van der Waals surface area (Å²) in [5.74, 6) is 1.13. The number of rotatable bonds is 2. The van der Waals surface area contributed by atoms with Crippen molar-refractivity contribution in [2.45, 2.75) is 18.8 Å². The first-order chi connectivity index (χ1) is 10.1. The predicted octanol–water partition coefficient (Wildman–Crippen LogP) is 4.40. The maximum Gasteiger partial charge on any atom is 0.234 e. The second-order valence-corrected chi connectivity index (χ2v) is 6.96. The normalized spacial score (nSPS) is 15.0. The number of fused-ring (bicyclic) bond motifs is 1. The Morgan fingerprint density at radius 2 is 1.95 bits per heavy atom. The monoisotopic (exact) mass is 360 g/mol. The molecular weight excluding hydrogens is 355 g/mol. The van der Waals surface area contributed by atoms with Gasteiger partial charge in [0.1, 0.15) is 5.75 Å². The average molecular weight is 362 g/mol. The molecule has 0 bridgehead atoms. The van der Waals surface area contributed by atoms with E-state index >= 15 is 0 Å². The number of hydrogen-bond donors (Lipinski definition) is 1. The first kappa shape index (κ1) is 13.6. The molecule has 5 nitrogen and oxygen atoms in total. The molecular formula is C12H7Cl3N4OS. The number of hydrogen-bond acceptors (Lipinski definition) is 5. The van der Waals surface area contributed by atoms with Crippen molar-refractivity contribution in [3.63, 3.8) is 0 Å². The van der Waals surface area contributed by atoms with Crippen molar-refractivity contribution in [2.75, 3.05) is 0 Å². The summed E-state index contributed by atoms with van der Waals surface area (Å²) in [5.41, 5.74) is 0.325. The number of aromatic hydroxyl groups is 1. The second kappa shape index (κ2) is 4.71. The van der Waals surface area contributed by atoms with E-state index in [9.17, 15) is 5.11 Å². The standard InChI is InChI=1S/C12H7Cl3N4OS/c13-5-3-6(14)9(20)7(8(5)15)11-18-19-10(4-1-2-4)16-17-12(19)21-11/h3-4,20H,1-2H2. The highest BCUT2D eigenvalue weighted by Gasteiger charge is 2.30. The molecule has 2 aromatic heterocycles. The molecule has 1 aliphatic rings. The van der Waals surface area contributed by atoms with Crippen molar-refractivity contribution in [1.82, 2.24) is 19.8 Å². The Labute approximate surface area is 138 Å². The minimum Gasteiger partial charge on any atom is -0.506 e. The van der Waals surface area contributed by atoms with Crippen molar-refractivity contribution >= 4 is 51.1 Å². The van der Waals surface area contributed by atoms with Gasteiger partial charge in [0.05, 0.1) is 20.6 Å². The van der Waals surface area contributed by atoms with E-state index in [1.54, 1.807) is 4.52 Å². The topological polar surface area (TPSA) is 63.3 Å². The average Bonchev–Trinajstić information content (AvgIpc) is 3.07. The van der Waals surface area contributed by atoms with Crippen molar-refractivity contribution in [1.29, 1.82) is 0 Å². The van der Waals surface area contributed by atoms with E-state index < -0.39 is 0 Å². The first-order valence-corrected chi connectivity index (χ1v) is 8.10. The molecule has 0 aliphatic heterocycles. The van der Waals surface area contributed by atoms with Crippen LogP contribution in [0.5, 0.6) is 5.75 Å². The summed E-state index contributed by atoms with van der Waals surface area (Å²) in [6, 6.07) is 1.40. The molecule has 0 amide bonds. The van der Waals surface area contributed by atoms with Crippen LogP contribution in [0.2, 0.25) is 15.1 Å². The largest absolute Gasteiger partial charge is 0.506 e. The fourth-order valence-corrected chi connectivity index (χ4v) is 3.76. The van der Waals surface area contributed by atoms with Crippen LogP contribution in [-0.2, 0) is 0 Å². The molecule has 1 aromatic carbocycles. The number of phenols is 1. The molecule has 4 rings (SSSR count). The summed E-state index contributed by atoms with van der Waals surface area (Å²) in [6.45, 7) is 0. The summed E-state index contributed by atoms with van der Waals surface area (Å²) < 4.78 is 1.70. The van der Waals surface area contributed by atoms with Gasteiger partial charge in [-0.25, -0.2) is 0 Å². The molecule has 0 atom stereocenters. The molecule has 0 radical (unpaired) electrons. The molecule has 1 saturated carbocycles. The van der Waals surface area contributed by atoms with Gasteiger partial charge in [-0.3, -0.25) is 0 Å². The van der Waals surface area contributed by atoms with E-state index in [2.05, 4.69) is 15.3 Å². The van der Waals surface area contributed by atoms with Gasteiger partial charge in [-0.2, -0.15) is 9.61 Å². The molecule has 2 heterocycles. The van der Waals surface area contributed by atoms with Gasteiger partial charge in [-0.05, 0) is 18.9 Å². The number of phenolic OH excluding ortho intramolecular Hbond substituents is 1. The Balaban J connectivity index is 1.94. The summed E-state index contributed by atoms with van der Waals surface area (Å²) in [4.78, 5) is 0.651. The first-order valence-electron chi connectivity index (χ1n) is 6.15. The molecule has 0 spiro atoms. The zero-order valence-corrected chi connectivity index (χ0v) is 13.4. The van der Waals surface area contributed by atoms with Gasteiger partial charge in [-0.1, -0.05) is 46.1 Å². The van der Waals surface area contributed by atoms with Gasteiger partial charge in [-0.15, -0.1) is 10.2 Å². The molecule has 9 heteroatoms. The van der Waals surface area contributed by atoms with E-state index in [1.165, 1.54) is 17.4 Å². The van der Waals surface area contributed by atoms with Crippen LogP contribution in [0.1, 0.15) is 24.6 Å². The van der Waals surface area contributed by atoms with Gasteiger partial charge in [0.15, 0.2) is 10.8 Å². The van der Waals surface area contributed by atoms with Gasteiger partial charge >= 0.3 is 0 Å². The van der Waals surface area contributed by atoms with E-state index in [4.69, 9.17) is 34.8 Å². The minimum atomic E-state index is -0.135. The highest BCUT2D eigenvalue weighted by Crippen LogP contribution is 2.46. The smallest absolute Gasteiger partial charge is 0.234 e. The molecule has 3 aromatic rings. The third-order valence-corrected chi connectivity index (χ3v) is 5.31. The Kier molecular flexibility index (Phi) is 3.04. The van der Waals surface area contributed by atoms with Gasteiger partial charge in [0, 0.05) is 5.92 Å². The zero-order valence-electron chi connectivity index (χ0n) is 10.3. The van der Waals surface area contributed by atoms with Crippen LogP contribution in [0.3, 0.4) is 0 Å². The summed E-state index contributed by atoms with van der Waals surface area (Å²) in [5, 5.41) is 24.0. The maximum absolute atomic E-state index is 10.2. The summed E-state index contributed by atoms with van der Waals surface area (Å²) in [6.07, 6.45) is 2.20. The van der Waals surface area contributed by atoms with Crippen LogP contribution in [-0.4, -0.2) is 24.9 Å². The lowest BCUT2D eigenvalue weighted by molar-refractivity contribution is 0.477. The third-order valence-electron chi connectivity index (χ3n) is 3.32. The fourth-order valence-electron chi connectivity index (χ4n) is 2.11. The number of benzene rings is 1. The van der Waals surface area contributed by atoms with Gasteiger partial charge < -0.3 is 5.11 Å². The van der Waals surface area contributed by atoms with Crippen LogP contribution >= 0.6 is 46.1 Å². The molecule has 1 fully saturated rings. The van der Waals surface area contributed by atoms with Crippen LogP contribution in [0.4, 0.5) is 0 Å². The van der Waals surface area contributed by atoms with E-state index in [-0.39, 0.29) is 20.8 Å². The maximum atomic E-state index is 10.2. The van der Waals surface area contributed by atoms with Crippen molar-refractivity contribution in [2.24, 2.45) is 0 Å². The van der Waals surface area contributed by atoms with E-state index in [1.807, 2.05) is 0 Å². The fraction of sp³-hybridized carbons (Fsp3) is 0.250. The Morgan fingerprint density at radius 1 is 1.19 bits per heavy atom. The molecule has 1 aliphatic carbocycles. The van der Waals surface area contributed by atoms with Crippen molar-refractivity contribution in [3.8, 4) is 16.3 Å². The quantitative estimate of drug-likeness (QED) is 0.687. The van der Waals surface area contributed by atoms with Crippen LogP contribution in [0, 0.1) is 0 Å². The Morgan fingerprint density at radius 3 is 2.67 bits per heavy atom. The molecule has 0 saturated heterocycles. The van der Waals surface area contributed by atoms with E-state index in [0.717, 1.165) is 18.7 Å². The second-order valence-electron chi connectivity index (χ2n) is 4.81. The molecule has 21 heavy (non-hydrogen) atoms. The lowest BCUT2D eigenvalue weighted by Gasteiger charge is -2.07. The number of aromatic nitrogens is 4. The van der Waals surface area contributed by atoms with E-state index in [0.29, 0.717) is 21.4 Å². The van der Waals surface area contributed by atoms with Crippen LogP contribution in [0.25, 0.3) is 15.5 Å². The summed E-state index contributed by atoms with van der Waals surface area (Å²) in [7, 11) is 0. The molecule has 0 unspecified atom stereocenters. The lowest BCUT2D eigenvalue weighted by atomic mass is 10.2. The lowest BCUT2D eigenvalue weighted by Crippen LogP contribution is -1.93. The van der Waals surface area contributed by atoms with Gasteiger partial charge in [0.2, 0.25) is 4.96 Å². The van der Waals surface area contributed by atoms with Crippen LogP contribution in [0.15, 0.2) is 6.07 Å². The zero-order chi connectivity index (χ0) is 14.7. The molecule has 108 valence electrons.